The van der Waals surface area contributed by atoms with Crippen LogP contribution in [-0.2, 0) is 0 Å². The first-order valence-electron chi connectivity index (χ1n) is 6.44. The van der Waals surface area contributed by atoms with E-state index >= 15 is 0 Å². The van der Waals surface area contributed by atoms with Gasteiger partial charge in [-0.25, -0.2) is 0 Å². The van der Waals surface area contributed by atoms with Crippen LogP contribution in [0.25, 0.3) is 0 Å². The Balaban J connectivity index is 2.21. The molecule has 1 unspecified atom stereocenters. The number of hydrogen-bond donors (Lipinski definition) is 3. The average molecular weight is 270 g/mol. The Morgan fingerprint density at radius 1 is 1.25 bits per heavy atom. The van der Waals surface area contributed by atoms with Gasteiger partial charge in [0.25, 0.3) is 5.91 Å². The maximum absolute atomic E-state index is 12.2. The van der Waals surface area contributed by atoms with Crippen LogP contribution < -0.4 is 11.1 Å². The zero-order valence-corrected chi connectivity index (χ0v) is 11.6. The summed E-state index contributed by atoms with van der Waals surface area (Å²) in [4.78, 5) is 12.2. The molecule has 0 radical (unpaired) electrons. The Hall–Kier alpha value is -2.33. The van der Waals surface area contributed by atoms with Crippen LogP contribution >= 0.6 is 0 Å². The Kier molecular flexibility index (Phi) is 4.05. The highest BCUT2D eigenvalue weighted by Crippen LogP contribution is 2.19. The van der Waals surface area contributed by atoms with E-state index in [1.165, 1.54) is 6.07 Å². The van der Waals surface area contributed by atoms with E-state index in [0.717, 1.165) is 11.1 Å². The van der Waals surface area contributed by atoms with E-state index in [2.05, 4.69) is 5.32 Å². The van der Waals surface area contributed by atoms with Crippen molar-refractivity contribution in [2.75, 3.05) is 5.32 Å². The number of nitrogens with two attached hydrogens (primary N) is 1. The summed E-state index contributed by atoms with van der Waals surface area (Å²) in [5.74, 6) is -0.0534. The lowest BCUT2D eigenvalue weighted by Gasteiger charge is -2.11. The van der Waals surface area contributed by atoms with Gasteiger partial charge in [-0.15, -0.1) is 0 Å². The molecule has 0 aliphatic heterocycles. The fraction of sp³-hybridized carbons (Fsp3) is 0.188. The van der Waals surface area contributed by atoms with Crippen LogP contribution in [0.2, 0.25) is 0 Å². The molecule has 0 saturated carbocycles. The zero-order valence-electron chi connectivity index (χ0n) is 11.6. The molecule has 4 nitrogen and oxygen atoms in total. The van der Waals surface area contributed by atoms with Crippen molar-refractivity contribution in [1.82, 2.24) is 0 Å². The molecule has 0 spiro atoms. The zero-order chi connectivity index (χ0) is 14.7. The van der Waals surface area contributed by atoms with Crippen LogP contribution in [0.4, 0.5) is 5.69 Å². The summed E-state index contributed by atoms with van der Waals surface area (Å²) in [7, 11) is 0. The number of phenolic OH excluding ortho intramolecular Hbond substituents is 1. The second-order valence-electron chi connectivity index (χ2n) is 4.87. The van der Waals surface area contributed by atoms with E-state index in [4.69, 9.17) is 5.73 Å². The molecule has 0 fully saturated rings. The molecule has 0 saturated heterocycles. The van der Waals surface area contributed by atoms with E-state index in [1.54, 1.807) is 19.1 Å². The average Bonchev–Trinajstić information content (AvgIpc) is 2.38. The smallest absolute Gasteiger partial charge is 0.255 e. The van der Waals surface area contributed by atoms with Gasteiger partial charge in [0.1, 0.15) is 5.75 Å². The van der Waals surface area contributed by atoms with Crippen LogP contribution in [0.15, 0.2) is 42.5 Å². The Labute approximate surface area is 118 Å². The van der Waals surface area contributed by atoms with Crippen molar-refractivity contribution in [3.63, 3.8) is 0 Å². The quantitative estimate of drug-likeness (QED) is 0.802. The van der Waals surface area contributed by atoms with Crippen LogP contribution in [0.1, 0.15) is 34.5 Å². The van der Waals surface area contributed by atoms with Crippen molar-refractivity contribution in [1.29, 1.82) is 0 Å². The highest BCUT2D eigenvalue weighted by atomic mass is 16.3. The maximum atomic E-state index is 12.2. The van der Waals surface area contributed by atoms with Crippen molar-refractivity contribution in [2.45, 2.75) is 19.9 Å². The van der Waals surface area contributed by atoms with Gasteiger partial charge in [0.2, 0.25) is 0 Å². The third-order valence-corrected chi connectivity index (χ3v) is 3.12. The summed E-state index contributed by atoms with van der Waals surface area (Å²) in [5, 5.41) is 12.2. The van der Waals surface area contributed by atoms with Crippen molar-refractivity contribution < 1.29 is 9.90 Å². The van der Waals surface area contributed by atoms with Gasteiger partial charge in [-0.1, -0.05) is 12.1 Å². The van der Waals surface area contributed by atoms with Crippen molar-refractivity contribution in [3.05, 3.63) is 59.2 Å². The molecule has 1 amide bonds. The van der Waals surface area contributed by atoms with E-state index < -0.39 is 0 Å². The molecule has 2 aromatic carbocycles. The molecule has 0 aliphatic carbocycles. The third kappa shape index (κ3) is 3.16. The molecule has 1 atom stereocenters. The molecular formula is C16H18N2O2. The Morgan fingerprint density at radius 3 is 2.65 bits per heavy atom. The molecule has 4 N–H and O–H groups in total. The Bertz CT molecular complexity index is 636. The van der Waals surface area contributed by atoms with Crippen LogP contribution in [0.3, 0.4) is 0 Å². The number of benzene rings is 2. The molecule has 0 bridgehead atoms. The van der Waals surface area contributed by atoms with E-state index in [0.29, 0.717) is 11.3 Å². The predicted molar refractivity (Wildman–Crippen MR) is 79.8 cm³/mol. The monoisotopic (exact) mass is 270 g/mol. The molecule has 2 rings (SSSR count). The third-order valence-electron chi connectivity index (χ3n) is 3.12. The van der Waals surface area contributed by atoms with Crippen LogP contribution in [0.5, 0.6) is 5.75 Å². The van der Waals surface area contributed by atoms with Gasteiger partial charge in [0, 0.05) is 17.3 Å². The van der Waals surface area contributed by atoms with Gasteiger partial charge >= 0.3 is 0 Å². The number of hydrogen-bond acceptors (Lipinski definition) is 3. The minimum absolute atomic E-state index is 0.0812. The molecule has 2 aromatic rings. The molecule has 0 heterocycles. The number of aryl methyl sites for hydroxylation is 1. The van der Waals surface area contributed by atoms with Crippen molar-refractivity contribution in [3.8, 4) is 5.75 Å². The topological polar surface area (TPSA) is 75.3 Å². The summed E-state index contributed by atoms with van der Waals surface area (Å²) in [5.41, 5.74) is 8.76. The lowest BCUT2D eigenvalue weighted by molar-refractivity contribution is 0.102. The number of aromatic hydroxyl groups is 1. The molecule has 20 heavy (non-hydrogen) atoms. The number of nitrogens with one attached hydrogen (secondary N) is 1. The van der Waals surface area contributed by atoms with Gasteiger partial charge in [0.05, 0.1) is 0 Å². The van der Waals surface area contributed by atoms with Gasteiger partial charge in [0.15, 0.2) is 0 Å². The standard InChI is InChI=1S/C16H18N2O2/c1-10-8-14(19)6-7-15(10)16(20)18-13-5-3-4-12(9-13)11(2)17/h3-9,11,19H,17H2,1-2H3,(H,18,20). The molecule has 0 aromatic heterocycles. The highest BCUT2D eigenvalue weighted by molar-refractivity contribution is 6.05. The maximum Gasteiger partial charge on any atom is 0.255 e. The summed E-state index contributed by atoms with van der Waals surface area (Å²) in [6.45, 7) is 3.68. The molecule has 104 valence electrons. The number of carbonyl (C=O) groups excluding carboxylic acids is 1. The lowest BCUT2D eigenvalue weighted by Crippen LogP contribution is -2.14. The second-order valence-corrected chi connectivity index (χ2v) is 4.87. The normalized spacial score (nSPS) is 11.9. The van der Waals surface area contributed by atoms with Gasteiger partial charge in [-0.2, -0.15) is 0 Å². The van der Waals surface area contributed by atoms with Crippen molar-refractivity contribution in [2.24, 2.45) is 5.73 Å². The number of amides is 1. The summed E-state index contributed by atoms with van der Waals surface area (Å²) < 4.78 is 0. The largest absolute Gasteiger partial charge is 0.508 e. The van der Waals surface area contributed by atoms with E-state index in [9.17, 15) is 9.90 Å². The first kappa shape index (κ1) is 14.1. The number of anilines is 1. The van der Waals surface area contributed by atoms with Gasteiger partial charge < -0.3 is 16.2 Å². The molecule has 0 aliphatic rings. The minimum Gasteiger partial charge on any atom is -0.508 e. The summed E-state index contributed by atoms with van der Waals surface area (Å²) in [6, 6.07) is 12.0. The Morgan fingerprint density at radius 2 is 2.00 bits per heavy atom. The van der Waals surface area contributed by atoms with E-state index in [1.807, 2.05) is 31.2 Å². The minimum atomic E-state index is -0.204. The summed E-state index contributed by atoms with van der Waals surface area (Å²) >= 11 is 0. The van der Waals surface area contributed by atoms with E-state index in [-0.39, 0.29) is 17.7 Å². The van der Waals surface area contributed by atoms with Crippen molar-refractivity contribution >= 4 is 11.6 Å². The van der Waals surface area contributed by atoms with Crippen LogP contribution in [-0.4, -0.2) is 11.0 Å². The van der Waals surface area contributed by atoms with Gasteiger partial charge in [-0.3, -0.25) is 4.79 Å². The first-order chi connectivity index (χ1) is 9.47. The highest BCUT2D eigenvalue weighted by Gasteiger charge is 2.10. The van der Waals surface area contributed by atoms with Crippen LogP contribution in [0, 0.1) is 6.92 Å². The second kappa shape index (κ2) is 5.75. The number of carbonyl (C=O) groups is 1. The molecule has 4 heteroatoms. The number of phenols is 1. The predicted octanol–water partition coefficient (Wildman–Crippen LogP) is 2.97. The molecular weight excluding hydrogens is 252 g/mol. The number of rotatable bonds is 3. The SMILES string of the molecule is Cc1cc(O)ccc1C(=O)Nc1cccc(C(C)N)c1. The fourth-order valence-electron chi connectivity index (χ4n) is 2.00. The first-order valence-corrected chi connectivity index (χ1v) is 6.44. The summed E-state index contributed by atoms with van der Waals surface area (Å²) in [6.07, 6.45) is 0. The fourth-order valence-corrected chi connectivity index (χ4v) is 2.00. The lowest BCUT2D eigenvalue weighted by atomic mass is 10.1. The van der Waals surface area contributed by atoms with Gasteiger partial charge in [-0.05, 0) is 55.3 Å².